The van der Waals surface area contributed by atoms with Gasteiger partial charge in [0.2, 0.25) is 10.0 Å². The normalized spacial score (nSPS) is 11.1. The lowest BCUT2D eigenvalue weighted by atomic mass is 10.2. The molecule has 1 heterocycles. The first-order chi connectivity index (χ1) is 14.3. The monoisotopic (exact) mass is 425 g/mol. The molecule has 0 spiro atoms. The smallest absolute Gasteiger partial charge is 0.271 e. The van der Waals surface area contributed by atoms with Crippen LogP contribution in [0.4, 0.5) is 0 Å². The van der Waals surface area contributed by atoms with Gasteiger partial charge in [-0.25, -0.2) is 13.1 Å². The van der Waals surface area contributed by atoms with Crippen molar-refractivity contribution in [3.63, 3.8) is 0 Å². The summed E-state index contributed by atoms with van der Waals surface area (Å²) in [5.74, 6) is -1.06. The number of benzene rings is 2. The number of nitrogens with zero attached hydrogens (tertiary/aromatic N) is 2. The van der Waals surface area contributed by atoms with Crippen LogP contribution in [-0.4, -0.2) is 31.3 Å². The molecule has 1 aromatic heterocycles. The second-order valence-corrected chi connectivity index (χ2v) is 8.18. The molecule has 0 radical (unpaired) electrons. The number of sulfonamides is 1. The summed E-state index contributed by atoms with van der Waals surface area (Å²) in [6.07, 6.45) is 1.72. The van der Waals surface area contributed by atoms with Crippen molar-refractivity contribution in [3.05, 3.63) is 65.9 Å². The van der Waals surface area contributed by atoms with Crippen molar-refractivity contribution in [2.45, 2.75) is 11.3 Å². The first kappa shape index (κ1) is 21.0. The molecule has 0 aliphatic rings. The highest BCUT2D eigenvalue weighted by Crippen LogP contribution is 2.19. The maximum absolute atomic E-state index is 12.5. The average molecular weight is 425 g/mol. The molecule has 0 fully saturated rings. The van der Waals surface area contributed by atoms with E-state index in [1.807, 2.05) is 41.9 Å². The Hall–Kier alpha value is -3.68. The van der Waals surface area contributed by atoms with Crippen molar-refractivity contribution in [2.24, 2.45) is 7.05 Å². The van der Waals surface area contributed by atoms with Gasteiger partial charge in [-0.15, -0.1) is 0 Å². The summed E-state index contributed by atoms with van der Waals surface area (Å²) in [5.41, 5.74) is 6.16. The second kappa shape index (κ2) is 8.77. The number of nitriles is 1. The van der Waals surface area contributed by atoms with Gasteiger partial charge in [0, 0.05) is 42.7 Å². The van der Waals surface area contributed by atoms with Crippen LogP contribution >= 0.6 is 0 Å². The van der Waals surface area contributed by atoms with Crippen LogP contribution in [0.1, 0.15) is 27.1 Å². The Balaban J connectivity index is 1.65. The Bertz CT molecular complexity index is 1240. The van der Waals surface area contributed by atoms with E-state index in [0.717, 1.165) is 10.9 Å². The van der Waals surface area contributed by atoms with E-state index in [1.54, 1.807) is 6.20 Å². The first-order valence-corrected chi connectivity index (χ1v) is 10.4. The fourth-order valence-electron chi connectivity index (χ4n) is 2.89. The molecule has 154 valence electrons. The average Bonchev–Trinajstić information content (AvgIpc) is 3.09. The van der Waals surface area contributed by atoms with Gasteiger partial charge in [0.15, 0.2) is 0 Å². The van der Waals surface area contributed by atoms with Gasteiger partial charge in [-0.2, -0.15) is 5.26 Å². The molecule has 0 saturated heterocycles. The molecule has 9 nitrogen and oxygen atoms in total. The number of hydrogen-bond donors (Lipinski definition) is 3. The van der Waals surface area contributed by atoms with Gasteiger partial charge in [0.05, 0.1) is 16.5 Å². The number of carbonyl (C=O) groups is 2. The largest absolute Gasteiger partial charge is 0.350 e. The van der Waals surface area contributed by atoms with Crippen LogP contribution in [0.2, 0.25) is 0 Å². The third-order valence-electron chi connectivity index (χ3n) is 4.39. The standard InChI is InChI=1S/C20H19N5O4S/c1-25-13-17(16-5-2-3-6-18(16)25)20(27)24-23-19(26)14-7-9-15(10-8-14)30(28,29)22-12-4-11-21/h2-3,5-10,13,22H,4,12H2,1H3,(H,23,26)(H,24,27). The number of hydrogen-bond acceptors (Lipinski definition) is 5. The number of amides is 2. The molecule has 0 atom stereocenters. The third kappa shape index (κ3) is 4.48. The Morgan fingerprint density at radius 1 is 1.03 bits per heavy atom. The van der Waals surface area contributed by atoms with Crippen LogP contribution in [0.5, 0.6) is 0 Å². The minimum atomic E-state index is -3.76. The predicted molar refractivity (Wildman–Crippen MR) is 110 cm³/mol. The van der Waals surface area contributed by atoms with E-state index in [9.17, 15) is 18.0 Å². The number of rotatable bonds is 6. The molecule has 0 aliphatic carbocycles. The zero-order valence-electron chi connectivity index (χ0n) is 16.0. The number of fused-ring (bicyclic) bond motifs is 1. The molecule has 0 bridgehead atoms. The highest BCUT2D eigenvalue weighted by atomic mass is 32.2. The Morgan fingerprint density at radius 2 is 1.70 bits per heavy atom. The summed E-state index contributed by atoms with van der Waals surface area (Å²) < 4.78 is 28.3. The third-order valence-corrected chi connectivity index (χ3v) is 5.86. The minimum Gasteiger partial charge on any atom is -0.350 e. The first-order valence-electron chi connectivity index (χ1n) is 8.95. The van der Waals surface area contributed by atoms with E-state index in [-0.39, 0.29) is 23.4 Å². The number of aryl methyl sites for hydroxylation is 1. The van der Waals surface area contributed by atoms with Crippen molar-refractivity contribution in [3.8, 4) is 6.07 Å². The minimum absolute atomic E-state index is 0.00126. The molecule has 3 N–H and O–H groups in total. The van der Waals surface area contributed by atoms with Crippen molar-refractivity contribution < 1.29 is 18.0 Å². The van der Waals surface area contributed by atoms with Gasteiger partial charge in [-0.3, -0.25) is 20.4 Å². The lowest BCUT2D eigenvalue weighted by Gasteiger charge is -2.08. The highest BCUT2D eigenvalue weighted by Gasteiger charge is 2.16. The molecule has 3 rings (SSSR count). The molecule has 10 heteroatoms. The Kier molecular flexibility index (Phi) is 6.15. The summed E-state index contributed by atoms with van der Waals surface area (Å²) in [7, 11) is -1.94. The van der Waals surface area contributed by atoms with Crippen LogP contribution in [0.3, 0.4) is 0 Å². The highest BCUT2D eigenvalue weighted by molar-refractivity contribution is 7.89. The number of aromatic nitrogens is 1. The quantitative estimate of drug-likeness (QED) is 0.406. The molecular weight excluding hydrogens is 406 g/mol. The summed E-state index contributed by atoms with van der Waals surface area (Å²) in [6.45, 7) is 0.00126. The van der Waals surface area contributed by atoms with E-state index in [4.69, 9.17) is 5.26 Å². The van der Waals surface area contributed by atoms with Crippen LogP contribution in [-0.2, 0) is 17.1 Å². The molecule has 3 aromatic rings. The van der Waals surface area contributed by atoms with Gasteiger partial charge in [-0.1, -0.05) is 18.2 Å². The Morgan fingerprint density at radius 3 is 2.40 bits per heavy atom. The summed E-state index contributed by atoms with van der Waals surface area (Å²) in [6, 6.07) is 14.4. The molecule has 0 saturated carbocycles. The van der Waals surface area contributed by atoms with Crippen molar-refractivity contribution in [2.75, 3.05) is 6.54 Å². The number of carbonyl (C=O) groups excluding carboxylic acids is 2. The molecule has 2 amide bonds. The number of para-hydroxylation sites is 1. The summed E-state index contributed by atoms with van der Waals surface area (Å²) in [5, 5.41) is 9.24. The maximum atomic E-state index is 12.5. The van der Waals surface area contributed by atoms with Crippen molar-refractivity contribution in [1.82, 2.24) is 20.1 Å². The lowest BCUT2D eigenvalue weighted by Crippen LogP contribution is -2.41. The predicted octanol–water partition coefficient (Wildman–Crippen LogP) is 1.45. The molecule has 30 heavy (non-hydrogen) atoms. The van der Waals surface area contributed by atoms with E-state index in [2.05, 4.69) is 15.6 Å². The van der Waals surface area contributed by atoms with Crippen LogP contribution in [0.25, 0.3) is 10.9 Å². The number of hydrazine groups is 1. The molecule has 0 aliphatic heterocycles. The van der Waals surface area contributed by atoms with E-state index >= 15 is 0 Å². The van der Waals surface area contributed by atoms with E-state index < -0.39 is 21.8 Å². The van der Waals surface area contributed by atoms with E-state index in [1.165, 1.54) is 24.3 Å². The summed E-state index contributed by atoms with van der Waals surface area (Å²) in [4.78, 5) is 24.7. The van der Waals surface area contributed by atoms with Gasteiger partial charge >= 0.3 is 0 Å². The fourth-order valence-corrected chi connectivity index (χ4v) is 3.92. The topological polar surface area (TPSA) is 133 Å². The number of nitrogens with one attached hydrogen (secondary N) is 3. The van der Waals surface area contributed by atoms with Gasteiger partial charge in [-0.05, 0) is 30.3 Å². The van der Waals surface area contributed by atoms with Gasteiger partial charge in [0.25, 0.3) is 11.8 Å². The van der Waals surface area contributed by atoms with Gasteiger partial charge in [0.1, 0.15) is 0 Å². The fraction of sp³-hybridized carbons (Fsp3) is 0.150. The zero-order valence-corrected chi connectivity index (χ0v) is 16.9. The lowest BCUT2D eigenvalue weighted by molar-refractivity contribution is 0.0847. The second-order valence-electron chi connectivity index (χ2n) is 6.41. The molecule has 0 unspecified atom stereocenters. The summed E-state index contributed by atoms with van der Waals surface area (Å²) >= 11 is 0. The van der Waals surface area contributed by atoms with Crippen LogP contribution in [0.15, 0.2) is 59.6 Å². The SMILES string of the molecule is Cn1cc(C(=O)NNC(=O)c2ccc(S(=O)(=O)NCCC#N)cc2)c2ccccc21. The Labute approximate surface area is 173 Å². The molecule has 2 aromatic carbocycles. The van der Waals surface area contributed by atoms with E-state index in [0.29, 0.717) is 5.56 Å². The van der Waals surface area contributed by atoms with Crippen molar-refractivity contribution >= 4 is 32.7 Å². The van der Waals surface area contributed by atoms with Crippen LogP contribution in [0, 0.1) is 11.3 Å². The zero-order chi connectivity index (χ0) is 21.7. The van der Waals surface area contributed by atoms with Crippen LogP contribution < -0.4 is 15.6 Å². The molecular formula is C20H19N5O4S. The maximum Gasteiger partial charge on any atom is 0.271 e. The van der Waals surface area contributed by atoms with Gasteiger partial charge < -0.3 is 4.57 Å². The van der Waals surface area contributed by atoms with Crippen molar-refractivity contribution in [1.29, 1.82) is 5.26 Å².